The number of fused-ring (bicyclic) bond motifs is 2. The molecule has 4 nitrogen and oxygen atoms in total. The molecule has 4 rings (SSSR count). The van der Waals surface area contributed by atoms with Crippen molar-refractivity contribution in [3.63, 3.8) is 0 Å². The Bertz CT molecular complexity index is 807. The van der Waals surface area contributed by atoms with Gasteiger partial charge in [0, 0.05) is 22.8 Å². The van der Waals surface area contributed by atoms with E-state index in [1.165, 1.54) is 38.6 Å². The summed E-state index contributed by atoms with van der Waals surface area (Å²) in [6.07, 6.45) is 4.15. The van der Waals surface area contributed by atoms with Crippen LogP contribution >= 0.6 is 22.7 Å². The van der Waals surface area contributed by atoms with E-state index in [-0.39, 0.29) is 18.5 Å². The Kier molecular flexibility index (Phi) is 4.65. The average Bonchev–Trinajstić information content (AvgIpc) is 3.24. The molecule has 1 aliphatic carbocycles. The second-order valence-electron chi connectivity index (χ2n) is 6.92. The maximum Gasteiger partial charge on any atom is 0.348 e. The highest BCUT2D eigenvalue weighted by atomic mass is 32.1. The molecule has 1 unspecified atom stereocenters. The standard InChI is InChI=1S/C19H21NO3S2/c1-12-2-3-16-14(8-12)9-17(25-16)19(22)23-11-18(21)20-6-4-15-13(10-20)5-7-24-15/h5,7,9,12H,2-4,6,8,10-11H2,1H3. The van der Waals surface area contributed by atoms with E-state index in [1.807, 2.05) is 6.07 Å². The molecule has 132 valence electrons. The van der Waals surface area contributed by atoms with Crippen molar-refractivity contribution in [3.8, 4) is 0 Å². The summed E-state index contributed by atoms with van der Waals surface area (Å²) in [7, 11) is 0. The van der Waals surface area contributed by atoms with Crippen LogP contribution < -0.4 is 0 Å². The number of ether oxygens (including phenoxy) is 1. The molecule has 1 atom stereocenters. The molecule has 25 heavy (non-hydrogen) atoms. The zero-order valence-electron chi connectivity index (χ0n) is 14.2. The van der Waals surface area contributed by atoms with Gasteiger partial charge in [-0.1, -0.05) is 6.92 Å². The average molecular weight is 376 g/mol. The van der Waals surface area contributed by atoms with Gasteiger partial charge >= 0.3 is 5.97 Å². The fourth-order valence-corrected chi connectivity index (χ4v) is 5.55. The molecule has 3 heterocycles. The van der Waals surface area contributed by atoms with Crippen LogP contribution in [0, 0.1) is 5.92 Å². The molecule has 0 saturated heterocycles. The number of aryl methyl sites for hydroxylation is 1. The summed E-state index contributed by atoms with van der Waals surface area (Å²) in [5, 5.41) is 2.07. The molecule has 0 spiro atoms. The second kappa shape index (κ2) is 6.92. The van der Waals surface area contributed by atoms with Crippen molar-refractivity contribution in [1.82, 2.24) is 4.90 Å². The molecule has 0 saturated carbocycles. The number of hydrogen-bond acceptors (Lipinski definition) is 5. The summed E-state index contributed by atoms with van der Waals surface area (Å²) in [6, 6.07) is 4.03. The minimum absolute atomic E-state index is 0.111. The molecule has 1 amide bonds. The lowest BCUT2D eigenvalue weighted by Crippen LogP contribution is -2.38. The third kappa shape index (κ3) is 3.51. The number of amides is 1. The van der Waals surface area contributed by atoms with Crippen LogP contribution in [0.4, 0.5) is 0 Å². The van der Waals surface area contributed by atoms with Gasteiger partial charge in [0.1, 0.15) is 4.88 Å². The Balaban J connectivity index is 1.34. The predicted molar refractivity (Wildman–Crippen MR) is 99.2 cm³/mol. The van der Waals surface area contributed by atoms with Crippen molar-refractivity contribution in [2.24, 2.45) is 5.92 Å². The van der Waals surface area contributed by atoms with Crippen LogP contribution in [0.1, 0.15) is 43.9 Å². The van der Waals surface area contributed by atoms with Crippen molar-refractivity contribution < 1.29 is 14.3 Å². The zero-order chi connectivity index (χ0) is 17.4. The van der Waals surface area contributed by atoms with Crippen molar-refractivity contribution in [2.75, 3.05) is 13.2 Å². The summed E-state index contributed by atoms with van der Waals surface area (Å²) >= 11 is 3.27. The van der Waals surface area contributed by atoms with Gasteiger partial charge in [-0.15, -0.1) is 22.7 Å². The summed E-state index contributed by atoms with van der Waals surface area (Å²) in [4.78, 5) is 29.7. The molecular formula is C19H21NO3S2. The SMILES string of the molecule is CC1CCc2sc(C(=O)OCC(=O)N3CCc4sccc4C3)cc2C1. The minimum Gasteiger partial charge on any atom is -0.451 e. The topological polar surface area (TPSA) is 46.6 Å². The Labute approximate surface area is 155 Å². The van der Waals surface area contributed by atoms with E-state index in [2.05, 4.69) is 18.4 Å². The third-order valence-electron chi connectivity index (χ3n) is 5.02. The number of esters is 1. The fraction of sp³-hybridized carbons (Fsp3) is 0.474. The quantitative estimate of drug-likeness (QED) is 0.769. The molecule has 2 aromatic rings. The van der Waals surface area contributed by atoms with Crippen LogP contribution in [0.3, 0.4) is 0 Å². The first-order valence-corrected chi connectivity index (χ1v) is 10.4. The van der Waals surface area contributed by atoms with E-state index in [0.717, 1.165) is 19.3 Å². The number of rotatable bonds is 3. The molecular weight excluding hydrogens is 354 g/mol. The zero-order valence-corrected chi connectivity index (χ0v) is 15.9. The third-order valence-corrected chi connectivity index (χ3v) is 7.26. The fourth-order valence-electron chi connectivity index (χ4n) is 3.56. The van der Waals surface area contributed by atoms with Crippen LogP contribution in [0.25, 0.3) is 0 Å². The Morgan fingerprint density at radius 3 is 3.04 bits per heavy atom. The first-order chi connectivity index (χ1) is 12.1. The highest BCUT2D eigenvalue weighted by Gasteiger charge is 2.24. The number of hydrogen-bond donors (Lipinski definition) is 0. The van der Waals surface area contributed by atoms with Gasteiger partial charge in [-0.2, -0.15) is 0 Å². The van der Waals surface area contributed by atoms with Crippen molar-refractivity contribution >= 4 is 34.6 Å². The van der Waals surface area contributed by atoms with E-state index < -0.39 is 0 Å². The normalized spacial score (nSPS) is 19.2. The van der Waals surface area contributed by atoms with Crippen molar-refractivity contribution in [3.05, 3.63) is 43.3 Å². The van der Waals surface area contributed by atoms with Crippen LogP contribution in [-0.4, -0.2) is 29.9 Å². The van der Waals surface area contributed by atoms with E-state index >= 15 is 0 Å². The van der Waals surface area contributed by atoms with Crippen molar-refractivity contribution in [1.29, 1.82) is 0 Å². The Hall–Kier alpha value is -1.66. The van der Waals surface area contributed by atoms with Crippen LogP contribution in [0.5, 0.6) is 0 Å². The maximum atomic E-state index is 12.4. The van der Waals surface area contributed by atoms with E-state index in [1.54, 1.807) is 16.2 Å². The molecule has 1 aliphatic heterocycles. The summed E-state index contributed by atoms with van der Waals surface area (Å²) in [5.41, 5.74) is 2.50. The molecule has 2 aliphatic rings. The highest BCUT2D eigenvalue weighted by molar-refractivity contribution is 7.14. The van der Waals surface area contributed by atoms with Gasteiger partial charge < -0.3 is 9.64 Å². The van der Waals surface area contributed by atoms with Gasteiger partial charge in [-0.3, -0.25) is 4.79 Å². The molecule has 0 bridgehead atoms. The lowest BCUT2D eigenvalue weighted by Gasteiger charge is -2.26. The number of carbonyl (C=O) groups is 2. The largest absolute Gasteiger partial charge is 0.451 e. The summed E-state index contributed by atoms with van der Waals surface area (Å²) in [5.74, 6) is 0.197. The monoisotopic (exact) mass is 375 g/mol. The summed E-state index contributed by atoms with van der Waals surface area (Å²) in [6.45, 7) is 3.40. The van der Waals surface area contributed by atoms with Crippen molar-refractivity contribution in [2.45, 2.75) is 39.2 Å². The molecule has 0 fully saturated rings. The Morgan fingerprint density at radius 2 is 2.16 bits per heavy atom. The molecule has 0 N–H and O–H groups in total. The highest BCUT2D eigenvalue weighted by Crippen LogP contribution is 2.32. The van der Waals surface area contributed by atoms with Gasteiger partial charge in [-0.25, -0.2) is 4.79 Å². The molecule has 0 aromatic carbocycles. The first-order valence-electron chi connectivity index (χ1n) is 8.72. The summed E-state index contributed by atoms with van der Waals surface area (Å²) < 4.78 is 5.30. The molecule has 0 radical (unpaired) electrons. The minimum atomic E-state index is -0.367. The van der Waals surface area contributed by atoms with E-state index in [0.29, 0.717) is 23.9 Å². The Morgan fingerprint density at radius 1 is 1.28 bits per heavy atom. The van der Waals surface area contributed by atoms with E-state index in [9.17, 15) is 9.59 Å². The second-order valence-corrected chi connectivity index (χ2v) is 9.05. The lowest BCUT2D eigenvalue weighted by molar-refractivity contribution is -0.135. The van der Waals surface area contributed by atoms with Gasteiger partial charge in [0.2, 0.25) is 0 Å². The number of thiophene rings is 2. The van der Waals surface area contributed by atoms with Gasteiger partial charge in [-0.05, 0) is 60.2 Å². The van der Waals surface area contributed by atoms with Gasteiger partial charge in [0.05, 0.1) is 0 Å². The van der Waals surface area contributed by atoms with E-state index in [4.69, 9.17) is 4.74 Å². The maximum absolute atomic E-state index is 12.4. The van der Waals surface area contributed by atoms with Gasteiger partial charge in [0.15, 0.2) is 6.61 Å². The van der Waals surface area contributed by atoms with Crippen LogP contribution in [0.2, 0.25) is 0 Å². The molecule has 6 heteroatoms. The smallest absolute Gasteiger partial charge is 0.348 e. The van der Waals surface area contributed by atoms with Crippen LogP contribution in [0.15, 0.2) is 17.5 Å². The molecule has 2 aromatic heterocycles. The first kappa shape index (κ1) is 16.8. The number of nitrogens with zero attached hydrogens (tertiary/aromatic N) is 1. The number of carbonyl (C=O) groups excluding carboxylic acids is 2. The van der Waals surface area contributed by atoms with Crippen LogP contribution in [-0.2, 0) is 35.3 Å². The predicted octanol–water partition coefficient (Wildman–Crippen LogP) is 3.68. The van der Waals surface area contributed by atoms with Gasteiger partial charge in [0.25, 0.3) is 5.91 Å². The lowest BCUT2D eigenvalue weighted by atomic mass is 9.90.